The third kappa shape index (κ3) is 6.31. The second kappa shape index (κ2) is 12.4. The van der Waals surface area contributed by atoms with Crippen LogP contribution in [0.4, 0.5) is 8.78 Å². The summed E-state index contributed by atoms with van der Waals surface area (Å²) in [7, 11) is -2.06. The van der Waals surface area contributed by atoms with E-state index in [1.54, 1.807) is 0 Å². The summed E-state index contributed by atoms with van der Waals surface area (Å²) >= 11 is 12.3. The fourth-order valence-electron chi connectivity index (χ4n) is 6.53. The van der Waals surface area contributed by atoms with Crippen molar-refractivity contribution in [1.29, 1.82) is 5.26 Å². The number of carbonyl (C=O) groups excluding carboxylic acids is 1. The van der Waals surface area contributed by atoms with Crippen molar-refractivity contribution in [3.05, 3.63) is 69.2 Å². The number of hydrogen-bond donors (Lipinski definition) is 3. The number of carbonyl (C=O) groups is 1. The van der Waals surface area contributed by atoms with Crippen LogP contribution in [0.2, 0.25) is 10.0 Å². The second-order valence-corrected chi connectivity index (χ2v) is 15.4. The summed E-state index contributed by atoms with van der Waals surface area (Å²) in [5, 5.41) is 16.7. The molecule has 2 aromatic carbocycles. The van der Waals surface area contributed by atoms with Gasteiger partial charge in [0.05, 0.1) is 22.4 Å². The highest BCUT2D eigenvalue weighted by molar-refractivity contribution is 7.90. The van der Waals surface area contributed by atoms with Crippen LogP contribution < -0.4 is 15.4 Å². The summed E-state index contributed by atoms with van der Waals surface area (Å²) in [6.07, 6.45) is 1.95. The first-order valence-electron chi connectivity index (χ1n) is 13.9. The highest BCUT2D eigenvalue weighted by atomic mass is 35.5. The van der Waals surface area contributed by atoms with Gasteiger partial charge in [-0.15, -0.1) is 0 Å². The smallest absolute Gasteiger partial charge is 0.238 e. The number of benzene rings is 2. The van der Waals surface area contributed by atoms with E-state index in [2.05, 4.69) is 21.4 Å². The number of nitrogens with one attached hydrogen (secondary N) is 3. The molecule has 1 saturated carbocycles. The summed E-state index contributed by atoms with van der Waals surface area (Å²) < 4.78 is 58.4. The van der Waals surface area contributed by atoms with Gasteiger partial charge < -0.3 is 10.6 Å². The molecule has 0 unspecified atom stereocenters. The van der Waals surface area contributed by atoms with Crippen LogP contribution in [0, 0.1) is 28.4 Å². The van der Waals surface area contributed by atoms with E-state index in [9.17, 15) is 18.5 Å². The van der Waals surface area contributed by atoms with Crippen molar-refractivity contribution in [2.75, 3.05) is 7.05 Å². The zero-order valence-corrected chi connectivity index (χ0v) is 26.3. The van der Waals surface area contributed by atoms with Gasteiger partial charge >= 0.3 is 0 Å². The summed E-state index contributed by atoms with van der Waals surface area (Å²) in [4.78, 5) is 14.0. The summed E-state index contributed by atoms with van der Waals surface area (Å²) in [5.74, 6) is -3.16. The quantitative estimate of drug-likeness (QED) is 0.366. The van der Waals surface area contributed by atoms with Crippen LogP contribution in [0.5, 0.6) is 0 Å². The van der Waals surface area contributed by atoms with E-state index >= 15 is 8.78 Å². The van der Waals surface area contributed by atoms with Crippen molar-refractivity contribution in [1.82, 2.24) is 15.4 Å². The Kier molecular flexibility index (Phi) is 9.61. The number of hydrogen-bond acceptors (Lipinski definition) is 5. The molecule has 0 spiro atoms. The molecule has 1 amide bonds. The van der Waals surface area contributed by atoms with Gasteiger partial charge in [-0.3, -0.25) is 4.79 Å². The lowest BCUT2D eigenvalue weighted by atomic mass is 9.62. The molecule has 4 rings (SSSR count). The van der Waals surface area contributed by atoms with Crippen LogP contribution in [-0.2, 0) is 20.2 Å². The number of nitrogens with zero attached hydrogens (tertiary/aromatic N) is 1. The van der Waals surface area contributed by atoms with Gasteiger partial charge in [-0.1, -0.05) is 62.2 Å². The fraction of sp³-hybridized carbons (Fsp3) is 0.533. The number of halogens is 4. The van der Waals surface area contributed by atoms with Crippen LogP contribution in [0.25, 0.3) is 0 Å². The Bertz CT molecular complexity index is 1490. The first-order chi connectivity index (χ1) is 19.6. The third-order valence-electron chi connectivity index (χ3n) is 8.48. The molecule has 0 aromatic heterocycles. The third-order valence-corrected chi connectivity index (χ3v) is 10.9. The SMILES string of the molecule is CNS(=O)(=O)C1CCC(NC(=O)[C@@H]2N[C@@H](CC(C)(C)C)[C@](C#N)(c3ccc(Cl)cc3F)[C@H]2c2cccc(Cl)c2F)CC1. The lowest BCUT2D eigenvalue weighted by Gasteiger charge is -2.37. The maximum Gasteiger partial charge on any atom is 0.238 e. The Morgan fingerprint density at radius 3 is 2.38 bits per heavy atom. The van der Waals surface area contributed by atoms with E-state index in [1.807, 2.05) is 20.8 Å². The van der Waals surface area contributed by atoms with Crippen LogP contribution in [-0.4, -0.2) is 44.7 Å². The molecule has 2 aromatic rings. The van der Waals surface area contributed by atoms with E-state index < -0.39 is 56.2 Å². The Labute approximate surface area is 256 Å². The average molecular weight is 642 g/mol. The minimum Gasteiger partial charge on any atom is -0.352 e. The van der Waals surface area contributed by atoms with Gasteiger partial charge in [0.15, 0.2) is 0 Å². The molecule has 42 heavy (non-hydrogen) atoms. The average Bonchev–Trinajstić information content (AvgIpc) is 3.23. The van der Waals surface area contributed by atoms with Crippen LogP contribution in [0.3, 0.4) is 0 Å². The predicted molar refractivity (Wildman–Crippen MR) is 160 cm³/mol. The van der Waals surface area contributed by atoms with Gasteiger partial charge in [0, 0.05) is 28.6 Å². The van der Waals surface area contributed by atoms with Gasteiger partial charge in [-0.05, 0) is 68.3 Å². The van der Waals surface area contributed by atoms with Crippen LogP contribution in [0.1, 0.15) is 69.9 Å². The fourth-order valence-corrected chi connectivity index (χ4v) is 8.10. The van der Waals surface area contributed by atoms with Gasteiger partial charge in [0.1, 0.15) is 17.0 Å². The molecule has 12 heteroatoms. The summed E-state index contributed by atoms with van der Waals surface area (Å²) in [6, 6.07) is 8.53. The summed E-state index contributed by atoms with van der Waals surface area (Å²) in [6.45, 7) is 5.90. The van der Waals surface area contributed by atoms with Gasteiger partial charge in [0.25, 0.3) is 0 Å². The Morgan fingerprint density at radius 1 is 1.14 bits per heavy atom. The number of rotatable bonds is 7. The molecule has 1 aliphatic heterocycles. The Hall–Kier alpha value is -2.29. The molecule has 3 N–H and O–H groups in total. The van der Waals surface area contributed by atoms with Crippen molar-refractivity contribution in [3.63, 3.8) is 0 Å². The van der Waals surface area contributed by atoms with Crippen LogP contribution >= 0.6 is 23.2 Å². The van der Waals surface area contributed by atoms with Gasteiger partial charge in [-0.2, -0.15) is 5.26 Å². The van der Waals surface area contributed by atoms with Gasteiger partial charge in [-0.25, -0.2) is 21.9 Å². The molecule has 1 saturated heterocycles. The molecule has 1 heterocycles. The monoisotopic (exact) mass is 640 g/mol. The van der Waals surface area contributed by atoms with E-state index in [1.165, 1.54) is 37.4 Å². The van der Waals surface area contributed by atoms with Gasteiger partial charge in [0.2, 0.25) is 15.9 Å². The molecule has 228 valence electrons. The normalized spacial score (nSPS) is 28.3. The molecule has 4 atom stereocenters. The maximum atomic E-state index is 15.8. The zero-order valence-electron chi connectivity index (χ0n) is 24.0. The highest BCUT2D eigenvalue weighted by Crippen LogP contribution is 2.52. The van der Waals surface area contributed by atoms with E-state index in [-0.39, 0.29) is 32.6 Å². The molecule has 0 radical (unpaired) electrons. The Morgan fingerprint density at radius 2 is 1.81 bits per heavy atom. The predicted octanol–water partition coefficient (Wildman–Crippen LogP) is 5.57. The zero-order chi connectivity index (χ0) is 31.0. The largest absolute Gasteiger partial charge is 0.352 e. The standard InChI is InChI=1S/C30H36Cl2F2N4O3S/c1-29(2,3)15-24-30(16-35,21-13-8-17(31)14-23(21)33)25(20-6-5-7-22(32)26(20)34)27(38-24)28(39)37-18-9-11-19(12-10-18)42(40,41)36-4/h5-8,13-14,18-19,24-25,27,36,38H,9-12,15H2,1-4H3,(H,37,39)/t18?,19?,24-,25-,27+,30-/m0/s1. The van der Waals surface area contributed by atoms with E-state index in [4.69, 9.17) is 23.2 Å². The van der Waals surface area contributed by atoms with Crippen molar-refractivity contribution in [2.24, 2.45) is 5.41 Å². The first-order valence-corrected chi connectivity index (χ1v) is 16.2. The molecule has 2 aliphatic rings. The highest BCUT2D eigenvalue weighted by Gasteiger charge is 2.61. The number of sulfonamides is 1. The molecule has 7 nitrogen and oxygen atoms in total. The number of nitriles is 1. The second-order valence-electron chi connectivity index (χ2n) is 12.4. The van der Waals surface area contributed by atoms with E-state index in [0.29, 0.717) is 32.1 Å². The van der Waals surface area contributed by atoms with Crippen molar-refractivity contribution >= 4 is 39.1 Å². The Balaban J connectivity index is 1.81. The van der Waals surface area contributed by atoms with E-state index in [0.717, 1.165) is 6.07 Å². The molecular weight excluding hydrogens is 605 g/mol. The summed E-state index contributed by atoms with van der Waals surface area (Å²) in [5.41, 5.74) is -2.05. The lowest BCUT2D eigenvalue weighted by Crippen LogP contribution is -2.50. The van der Waals surface area contributed by atoms with Crippen molar-refractivity contribution in [2.45, 2.75) is 87.6 Å². The van der Waals surface area contributed by atoms with Crippen LogP contribution in [0.15, 0.2) is 36.4 Å². The molecule has 2 fully saturated rings. The molecular formula is C30H36Cl2F2N4O3S. The molecule has 0 bridgehead atoms. The molecule has 1 aliphatic carbocycles. The first kappa shape index (κ1) is 32.6. The lowest BCUT2D eigenvalue weighted by molar-refractivity contribution is -0.124. The minimum atomic E-state index is -3.43. The van der Waals surface area contributed by atoms with Crippen molar-refractivity contribution < 1.29 is 22.0 Å². The van der Waals surface area contributed by atoms with Crippen molar-refractivity contribution in [3.8, 4) is 6.07 Å². The number of amides is 1. The minimum absolute atomic E-state index is 0.00797. The topological polar surface area (TPSA) is 111 Å². The maximum absolute atomic E-state index is 15.8.